The van der Waals surface area contributed by atoms with Crippen LogP contribution in [0.15, 0.2) is 24.3 Å². The molecule has 0 atom stereocenters. The predicted octanol–water partition coefficient (Wildman–Crippen LogP) is 3.42. The summed E-state index contributed by atoms with van der Waals surface area (Å²) in [6, 6.07) is 6.63. The largest absolute Gasteiger partial charge is 0.494 e. The molecule has 4 nitrogen and oxygen atoms in total. The number of rotatable bonds is 5. The van der Waals surface area contributed by atoms with Gasteiger partial charge >= 0.3 is 0 Å². The molecule has 0 aliphatic rings. The second-order valence-corrected chi connectivity index (χ2v) is 4.46. The molecule has 106 valence electrons. The van der Waals surface area contributed by atoms with Gasteiger partial charge in [-0.25, -0.2) is 14.4 Å². The van der Waals surface area contributed by atoms with Crippen LogP contribution in [0.5, 0.6) is 5.75 Å². The maximum Gasteiger partial charge on any atom is 0.165 e. The molecule has 1 N–H and O–H groups in total. The van der Waals surface area contributed by atoms with E-state index in [2.05, 4.69) is 22.2 Å². The molecular formula is C15H18FN3O. The molecule has 1 aromatic carbocycles. The number of anilines is 1. The fraction of sp³-hybridized carbons (Fsp3) is 0.333. The molecular weight excluding hydrogens is 257 g/mol. The lowest BCUT2D eigenvalue weighted by Gasteiger charge is -2.09. The van der Waals surface area contributed by atoms with Crippen molar-refractivity contribution in [3.8, 4) is 17.0 Å². The van der Waals surface area contributed by atoms with Crippen LogP contribution in [0.25, 0.3) is 11.3 Å². The van der Waals surface area contributed by atoms with Crippen molar-refractivity contribution in [3.63, 3.8) is 0 Å². The monoisotopic (exact) mass is 275 g/mol. The lowest BCUT2D eigenvalue weighted by atomic mass is 10.1. The third-order valence-electron chi connectivity index (χ3n) is 2.84. The quantitative estimate of drug-likeness (QED) is 0.908. The van der Waals surface area contributed by atoms with Crippen molar-refractivity contribution in [2.24, 2.45) is 0 Å². The second kappa shape index (κ2) is 6.32. The van der Waals surface area contributed by atoms with Gasteiger partial charge in [0.1, 0.15) is 11.6 Å². The SMILES string of the molecule is CCCNc1cc(-c2ccc(OC)c(F)c2)nc(C)n1. The van der Waals surface area contributed by atoms with Crippen LogP contribution >= 0.6 is 0 Å². The number of aromatic nitrogens is 2. The van der Waals surface area contributed by atoms with Crippen LogP contribution in [0.4, 0.5) is 10.2 Å². The number of hydrogen-bond donors (Lipinski definition) is 1. The fourth-order valence-electron chi connectivity index (χ4n) is 1.88. The van der Waals surface area contributed by atoms with Crippen LogP contribution in [-0.2, 0) is 0 Å². The summed E-state index contributed by atoms with van der Waals surface area (Å²) < 4.78 is 18.7. The minimum Gasteiger partial charge on any atom is -0.494 e. The molecule has 2 aromatic rings. The van der Waals surface area contributed by atoms with Crippen molar-refractivity contribution >= 4 is 5.82 Å². The van der Waals surface area contributed by atoms with E-state index in [0.29, 0.717) is 17.1 Å². The van der Waals surface area contributed by atoms with E-state index < -0.39 is 5.82 Å². The van der Waals surface area contributed by atoms with Gasteiger partial charge < -0.3 is 10.1 Å². The molecule has 0 fully saturated rings. The van der Waals surface area contributed by atoms with E-state index in [4.69, 9.17) is 4.74 Å². The van der Waals surface area contributed by atoms with E-state index in [1.807, 2.05) is 13.0 Å². The first kappa shape index (κ1) is 14.2. The Hall–Kier alpha value is -2.17. The highest BCUT2D eigenvalue weighted by Crippen LogP contribution is 2.25. The minimum absolute atomic E-state index is 0.226. The predicted molar refractivity (Wildman–Crippen MR) is 77.5 cm³/mol. The second-order valence-electron chi connectivity index (χ2n) is 4.46. The molecule has 0 aliphatic heterocycles. The molecule has 0 saturated carbocycles. The van der Waals surface area contributed by atoms with Crippen LogP contribution < -0.4 is 10.1 Å². The summed E-state index contributed by atoms with van der Waals surface area (Å²) in [5, 5.41) is 3.21. The Labute approximate surface area is 118 Å². The average molecular weight is 275 g/mol. The smallest absolute Gasteiger partial charge is 0.165 e. The van der Waals surface area contributed by atoms with E-state index in [0.717, 1.165) is 18.8 Å². The molecule has 0 aliphatic carbocycles. The van der Waals surface area contributed by atoms with Gasteiger partial charge in [-0.2, -0.15) is 0 Å². The van der Waals surface area contributed by atoms with Gasteiger partial charge in [0.25, 0.3) is 0 Å². The minimum atomic E-state index is -0.399. The van der Waals surface area contributed by atoms with Crippen LogP contribution in [0.1, 0.15) is 19.2 Å². The Morgan fingerprint density at radius 1 is 1.25 bits per heavy atom. The van der Waals surface area contributed by atoms with Crippen molar-refractivity contribution in [1.29, 1.82) is 0 Å². The molecule has 0 spiro atoms. The highest BCUT2D eigenvalue weighted by molar-refractivity contribution is 5.63. The summed E-state index contributed by atoms with van der Waals surface area (Å²) in [5.41, 5.74) is 1.39. The Morgan fingerprint density at radius 3 is 2.70 bits per heavy atom. The molecule has 0 radical (unpaired) electrons. The van der Waals surface area contributed by atoms with Crippen molar-refractivity contribution in [2.75, 3.05) is 19.0 Å². The molecule has 2 rings (SSSR count). The summed E-state index contributed by atoms with van der Waals surface area (Å²) in [5.74, 6) is 1.23. The van der Waals surface area contributed by atoms with Crippen molar-refractivity contribution in [2.45, 2.75) is 20.3 Å². The molecule has 1 aromatic heterocycles. The number of ether oxygens (including phenoxy) is 1. The van der Waals surface area contributed by atoms with Crippen molar-refractivity contribution < 1.29 is 9.13 Å². The van der Waals surface area contributed by atoms with Gasteiger partial charge in [0.15, 0.2) is 11.6 Å². The van der Waals surface area contributed by atoms with Crippen LogP contribution in [0.2, 0.25) is 0 Å². The van der Waals surface area contributed by atoms with Crippen LogP contribution in [0.3, 0.4) is 0 Å². The van der Waals surface area contributed by atoms with E-state index in [-0.39, 0.29) is 5.75 Å². The third kappa shape index (κ3) is 3.23. The van der Waals surface area contributed by atoms with Gasteiger partial charge in [0.05, 0.1) is 12.8 Å². The molecule has 0 saturated heterocycles. The topological polar surface area (TPSA) is 47.0 Å². The van der Waals surface area contributed by atoms with Crippen molar-refractivity contribution in [1.82, 2.24) is 9.97 Å². The lowest BCUT2D eigenvalue weighted by Crippen LogP contribution is -2.04. The normalized spacial score (nSPS) is 10.4. The zero-order chi connectivity index (χ0) is 14.5. The Morgan fingerprint density at radius 2 is 2.05 bits per heavy atom. The van der Waals surface area contributed by atoms with Gasteiger partial charge in [0, 0.05) is 18.2 Å². The molecule has 5 heteroatoms. The molecule has 1 heterocycles. The average Bonchev–Trinajstić information content (AvgIpc) is 2.44. The number of aryl methyl sites for hydroxylation is 1. The Balaban J connectivity index is 2.36. The fourth-order valence-corrected chi connectivity index (χ4v) is 1.88. The van der Waals surface area contributed by atoms with Crippen LogP contribution in [-0.4, -0.2) is 23.6 Å². The first-order valence-corrected chi connectivity index (χ1v) is 6.57. The summed E-state index contributed by atoms with van der Waals surface area (Å²) in [6.07, 6.45) is 1.01. The maximum atomic E-state index is 13.8. The maximum absolute atomic E-state index is 13.8. The highest BCUT2D eigenvalue weighted by atomic mass is 19.1. The van der Waals surface area contributed by atoms with E-state index in [1.165, 1.54) is 13.2 Å². The van der Waals surface area contributed by atoms with Gasteiger partial charge in [-0.05, 0) is 31.5 Å². The number of methoxy groups -OCH3 is 1. The third-order valence-corrected chi connectivity index (χ3v) is 2.84. The van der Waals surface area contributed by atoms with E-state index >= 15 is 0 Å². The van der Waals surface area contributed by atoms with E-state index in [1.54, 1.807) is 12.1 Å². The number of halogens is 1. The lowest BCUT2D eigenvalue weighted by molar-refractivity contribution is 0.386. The number of benzene rings is 1. The van der Waals surface area contributed by atoms with Gasteiger partial charge in [0.2, 0.25) is 0 Å². The van der Waals surface area contributed by atoms with Gasteiger partial charge in [-0.15, -0.1) is 0 Å². The molecule has 0 unspecified atom stereocenters. The first-order valence-electron chi connectivity index (χ1n) is 6.57. The molecule has 0 bridgehead atoms. The first-order chi connectivity index (χ1) is 9.63. The highest BCUT2D eigenvalue weighted by Gasteiger charge is 2.08. The molecule has 20 heavy (non-hydrogen) atoms. The Bertz CT molecular complexity index is 602. The zero-order valence-corrected chi connectivity index (χ0v) is 11.9. The van der Waals surface area contributed by atoms with Crippen molar-refractivity contribution in [3.05, 3.63) is 35.9 Å². The molecule has 0 amide bonds. The number of hydrogen-bond acceptors (Lipinski definition) is 4. The number of nitrogens with zero attached hydrogens (tertiary/aromatic N) is 2. The van der Waals surface area contributed by atoms with Gasteiger partial charge in [-0.1, -0.05) is 6.92 Å². The Kier molecular flexibility index (Phi) is 4.50. The van der Waals surface area contributed by atoms with Crippen LogP contribution in [0, 0.1) is 12.7 Å². The van der Waals surface area contributed by atoms with Gasteiger partial charge in [-0.3, -0.25) is 0 Å². The zero-order valence-electron chi connectivity index (χ0n) is 11.9. The summed E-state index contributed by atoms with van der Waals surface area (Å²) in [4.78, 5) is 8.66. The summed E-state index contributed by atoms with van der Waals surface area (Å²) in [7, 11) is 1.44. The van der Waals surface area contributed by atoms with E-state index in [9.17, 15) is 4.39 Å². The standard InChI is InChI=1S/C15H18FN3O/c1-4-7-17-15-9-13(18-10(2)19-15)11-5-6-14(20-3)12(16)8-11/h5-6,8-9H,4,7H2,1-3H3,(H,17,18,19). The summed E-state index contributed by atoms with van der Waals surface area (Å²) in [6.45, 7) is 4.74. The summed E-state index contributed by atoms with van der Waals surface area (Å²) >= 11 is 0. The number of nitrogens with one attached hydrogen (secondary N) is 1.